The summed E-state index contributed by atoms with van der Waals surface area (Å²) < 4.78 is 21.8. The lowest BCUT2D eigenvalue weighted by Crippen LogP contribution is -2.21. The van der Waals surface area contributed by atoms with E-state index in [2.05, 4.69) is 10.3 Å². The van der Waals surface area contributed by atoms with Crippen LogP contribution in [0.2, 0.25) is 0 Å². The second kappa shape index (κ2) is 5.96. The molecule has 1 aromatic rings. The summed E-state index contributed by atoms with van der Waals surface area (Å²) in [5, 5.41) is 3.27. The largest absolute Gasteiger partial charge is 0.310 e. The van der Waals surface area contributed by atoms with Gasteiger partial charge >= 0.3 is 0 Å². The molecule has 0 radical (unpaired) electrons. The van der Waals surface area contributed by atoms with Crippen molar-refractivity contribution < 1.29 is 8.42 Å². The standard InChI is InChI=1S/C11H18N2O2S/c1-10(11-5-3-6-12-9-11)13-7-4-8-16(2,14)15/h3,5-6,9-10,13H,4,7-8H2,1-2H3. The predicted molar refractivity (Wildman–Crippen MR) is 65.0 cm³/mol. The number of rotatable bonds is 6. The molecular weight excluding hydrogens is 224 g/mol. The van der Waals surface area contributed by atoms with Crippen LogP contribution in [-0.4, -0.2) is 32.0 Å². The normalized spacial score (nSPS) is 13.6. The van der Waals surface area contributed by atoms with Crippen LogP contribution in [0.4, 0.5) is 0 Å². The first-order valence-corrected chi connectivity index (χ1v) is 7.36. The van der Waals surface area contributed by atoms with Gasteiger partial charge in [0.25, 0.3) is 0 Å². The Hall–Kier alpha value is -0.940. The highest BCUT2D eigenvalue weighted by Gasteiger charge is 2.05. The predicted octanol–water partition coefficient (Wildman–Crippen LogP) is 1.17. The Morgan fingerprint density at radius 1 is 1.50 bits per heavy atom. The van der Waals surface area contributed by atoms with Crippen molar-refractivity contribution in [1.29, 1.82) is 0 Å². The molecule has 1 unspecified atom stereocenters. The summed E-state index contributed by atoms with van der Waals surface area (Å²) in [5.74, 6) is 0.236. The van der Waals surface area contributed by atoms with E-state index in [1.807, 2.05) is 25.3 Å². The smallest absolute Gasteiger partial charge is 0.147 e. The van der Waals surface area contributed by atoms with Gasteiger partial charge < -0.3 is 5.32 Å². The Morgan fingerprint density at radius 2 is 2.25 bits per heavy atom. The quantitative estimate of drug-likeness (QED) is 0.761. The second-order valence-electron chi connectivity index (χ2n) is 3.95. The molecular formula is C11H18N2O2S. The van der Waals surface area contributed by atoms with Gasteiger partial charge in [0.1, 0.15) is 9.84 Å². The van der Waals surface area contributed by atoms with Crippen molar-refractivity contribution in [1.82, 2.24) is 10.3 Å². The van der Waals surface area contributed by atoms with E-state index in [0.717, 1.165) is 5.56 Å². The van der Waals surface area contributed by atoms with Gasteiger partial charge in [0.05, 0.1) is 5.75 Å². The van der Waals surface area contributed by atoms with Gasteiger partial charge in [0, 0.05) is 24.7 Å². The van der Waals surface area contributed by atoms with Gasteiger partial charge in [0.2, 0.25) is 0 Å². The number of nitrogens with one attached hydrogen (secondary N) is 1. The number of nitrogens with zero attached hydrogens (tertiary/aromatic N) is 1. The lowest BCUT2D eigenvalue weighted by molar-refractivity contribution is 0.561. The fourth-order valence-corrected chi connectivity index (χ4v) is 2.07. The van der Waals surface area contributed by atoms with E-state index in [4.69, 9.17) is 0 Å². The molecule has 0 saturated carbocycles. The summed E-state index contributed by atoms with van der Waals surface area (Å²) in [5.41, 5.74) is 1.11. The summed E-state index contributed by atoms with van der Waals surface area (Å²) in [6.45, 7) is 2.74. The van der Waals surface area contributed by atoms with E-state index in [1.165, 1.54) is 6.26 Å². The first kappa shape index (κ1) is 13.1. The molecule has 0 aliphatic carbocycles. The molecule has 0 aliphatic rings. The summed E-state index contributed by atoms with van der Waals surface area (Å²) in [7, 11) is -2.84. The van der Waals surface area contributed by atoms with Gasteiger partial charge in [-0.05, 0) is 31.5 Å². The van der Waals surface area contributed by atoms with Gasteiger partial charge in [0.15, 0.2) is 0 Å². The number of hydrogen-bond acceptors (Lipinski definition) is 4. The van der Waals surface area contributed by atoms with Crippen molar-refractivity contribution in [2.75, 3.05) is 18.6 Å². The maximum Gasteiger partial charge on any atom is 0.147 e. The number of aromatic nitrogens is 1. The van der Waals surface area contributed by atoms with Crippen LogP contribution in [0.1, 0.15) is 24.9 Å². The van der Waals surface area contributed by atoms with Crippen molar-refractivity contribution >= 4 is 9.84 Å². The maximum atomic E-state index is 10.9. The molecule has 1 rings (SSSR count). The van der Waals surface area contributed by atoms with Crippen LogP contribution in [0.5, 0.6) is 0 Å². The molecule has 1 N–H and O–H groups in total. The van der Waals surface area contributed by atoms with Crippen LogP contribution in [0.3, 0.4) is 0 Å². The Balaban J connectivity index is 2.29. The van der Waals surface area contributed by atoms with E-state index in [0.29, 0.717) is 13.0 Å². The molecule has 0 aromatic carbocycles. The molecule has 0 amide bonds. The van der Waals surface area contributed by atoms with Crippen LogP contribution in [0.25, 0.3) is 0 Å². The van der Waals surface area contributed by atoms with Crippen LogP contribution in [-0.2, 0) is 9.84 Å². The maximum absolute atomic E-state index is 10.9. The number of sulfone groups is 1. The molecule has 0 aliphatic heterocycles. The van der Waals surface area contributed by atoms with Gasteiger partial charge in [-0.2, -0.15) is 0 Å². The fourth-order valence-electron chi connectivity index (χ4n) is 1.40. The third-order valence-corrected chi connectivity index (χ3v) is 3.36. The topological polar surface area (TPSA) is 59.1 Å². The van der Waals surface area contributed by atoms with E-state index in [9.17, 15) is 8.42 Å². The Kier molecular flexibility index (Phi) is 4.89. The van der Waals surface area contributed by atoms with Crippen molar-refractivity contribution in [3.8, 4) is 0 Å². The molecule has 16 heavy (non-hydrogen) atoms. The fraction of sp³-hybridized carbons (Fsp3) is 0.545. The second-order valence-corrected chi connectivity index (χ2v) is 6.21. The minimum Gasteiger partial charge on any atom is -0.310 e. The molecule has 5 heteroatoms. The molecule has 4 nitrogen and oxygen atoms in total. The van der Waals surface area contributed by atoms with Crippen LogP contribution in [0.15, 0.2) is 24.5 Å². The average molecular weight is 242 g/mol. The zero-order chi connectivity index (χ0) is 12.0. The van der Waals surface area contributed by atoms with Crippen molar-refractivity contribution in [2.24, 2.45) is 0 Å². The Morgan fingerprint density at radius 3 is 2.81 bits per heavy atom. The highest BCUT2D eigenvalue weighted by atomic mass is 32.2. The third kappa shape index (κ3) is 5.23. The lowest BCUT2D eigenvalue weighted by Gasteiger charge is -2.13. The average Bonchev–Trinajstić information content (AvgIpc) is 2.24. The monoisotopic (exact) mass is 242 g/mol. The SMILES string of the molecule is CC(NCCCS(C)(=O)=O)c1cccnc1. The lowest BCUT2D eigenvalue weighted by atomic mass is 10.1. The zero-order valence-corrected chi connectivity index (χ0v) is 10.5. The van der Waals surface area contributed by atoms with Crippen molar-refractivity contribution in [2.45, 2.75) is 19.4 Å². The number of hydrogen-bond donors (Lipinski definition) is 1. The Labute approximate surface area is 97.0 Å². The molecule has 0 spiro atoms. The van der Waals surface area contributed by atoms with Gasteiger partial charge in [-0.1, -0.05) is 6.07 Å². The summed E-state index contributed by atoms with van der Waals surface area (Å²) in [6.07, 6.45) is 5.45. The van der Waals surface area contributed by atoms with E-state index in [-0.39, 0.29) is 11.8 Å². The summed E-state index contributed by atoms with van der Waals surface area (Å²) >= 11 is 0. The van der Waals surface area contributed by atoms with Crippen LogP contribution in [0, 0.1) is 0 Å². The van der Waals surface area contributed by atoms with E-state index < -0.39 is 9.84 Å². The Bertz CT molecular complexity index is 403. The van der Waals surface area contributed by atoms with E-state index in [1.54, 1.807) is 6.20 Å². The molecule has 1 heterocycles. The van der Waals surface area contributed by atoms with Crippen LogP contribution >= 0.6 is 0 Å². The van der Waals surface area contributed by atoms with E-state index >= 15 is 0 Å². The van der Waals surface area contributed by atoms with Crippen molar-refractivity contribution in [3.63, 3.8) is 0 Å². The van der Waals surface area contributed by atoms with Gasteiger partial charge in [-0.3, -0.25) is 4.98 Å². The van der Waals surface area contributed by atoms with Gasteiger partial charge in [-0.25, -0.2) is 8.42 Å². The first-order chi connectivity index (χ1) is 7.49. The number of pyridine rings is 1. The molecule has 0 saturated heterocycles. The molecule has 1 atom stereocenters. The van der Waals surface area contributed by atoms with Gasteiger partial charge in [-0.15, -0.1) is 0 Å². The highest BCUT2D eigenvalue weighted by molar-refractivity contribution is 7.90. The molecule has 90 valence electrons. The highest BCUT2D eigenvalue weighted by Crippen LogP contribution is 2.09. The first-order valence-electron chi connectivity index (χ1n) is 5.30. The van der Waals surface area contributed by atoms with Crippen molar-refractivity contribution in [3.05, 3.63) is 30.1 Å². The summed E-state index contributed by atoms with van der Waals surface area (Å²) in [6, 6.07) is 4.10. The zero-order valence-electron chi connectivity index (χ0n) is 9.68. The van der Waals surface area contributed by atoms with Crippen LogP contribution < -0.4 is 5.32 Å². The third-order valence-electron chi connectivity index (χ3n) is 2.33. The molecule has 1 aromatic heterocycles. The molecule has 0 fully saturated rings. The minimum absolute atomic E-state index is 0.202. The minimum atomic E-state index is -2.84. The summed E-state index contributed by atoms with van der Waals surface area (Å²) in [4.78, 5) is 4.04. The molecule has 0 bridgehead atoms.